The Hall–Kier alpha value is -1.96. The van der Waals surface area contributed by atoms with Gasteiger partial charge in [0, 0.05) is 27.5 Å². The third-order valence-corrected chi connectivity index (χ3v) is 5.69. The van der Waals surface area contributed by atoms with Crippen LogP contribution in [0.15, 0.2) is 34.2 Å². The van der Waals surface area contributed by atoms with Gasteiger partial charge < -0.3 is 10.3 Å². The molecule has 1 atom stereocenters. The van der Waals surface area contributed by atoms with E-state index in [0.717, 1.165) is 12.1 Å². The lowest BCUT2D eigenvalue weighted by atomic mass is 10.2. The zero-order valence-corrected chi connectivity index (χ0v) is 18.0. The Morgan fingerprint density at radius 1 is 1.29 bits per heavy atom. The van der Waals surface area contributed by atoms with E-state index in [1.54, 1.807) is 22.8 Å². The van der Waals surface area contributed by atoms with Crippen molar-refractivity contribution in [1.82, 2.24) is 14.5 Å². The summed E-state index contributed by atoms with van der Waals surface area (Å²) in [4.78, 5) is 33.0. The molecule has 0 aliphatic rings. The van der Waals surface area contributed by atoms with E-state index >= 15 is 0 Å². The number of aromatic amines is 1. The normalized spacial score (nSPS) is 12.3. The van der Waals surface area contributed by atoms with Gasteiger partial charge in [0.1, 0.15) is 5.52 Å². The topological polar surface area (TPSA) is 79.8 Å². The van der Waals surface area contributed by atoms with Gasteiger partial charge in [-0.15, -0.1) is 0 Å². The second-order valence-electron chi connectivity index (χ2n) is 6.53. The molecule has 2 aromatic heterocycles. The molecule has 0 radical (unpaired) electrons. The van der Waals surface area contributed by atoms with Crippen LogP contribution in [0.4, 0.5) is 5.69 Å². The lowest BCUT2D eigenvalue weighted by Gasteiger charge is -2.17. The molecule has 0 bridgehead atoms. The molecule has 0 saturated heterocycles. The summed E-state index contributed by atoms with van der Waals surface area (Å²) in [6, 6.07) is 6.63. The largest absolute Gasteiger partial charge is 0.353 e. The Kier molecular flexibility index (Phi) is 6.37. The van der Waals surface area contributed by atoms with Crippen LogP contribution in [-0.4, -0.2) is 26.2 Å². The van der Waals surface area contributed by atoms with Gasteiger partial charge in [0.2, 0.25) is 5.91 Å². The maximum absolute atomic E-state index is 12.9. The van der Waals surface area contributed by atoms with Crippen molar-refractivity contribution >= 4 is 57.6 Å². The number of nitrogens with one attached hydrogen (secondary N) is 2. The highest BCUT2D eigenvalue weighted by Crippen LogP contribution is 2.25. The zero-order valence-electron chi connectivity index (χ0n) is 15.7. The summed E-state index contributed by atoms with van der Waals surface area (Å²) in [7, 11) is 0. The average molecular weight is 439 g/mol. The van der Waals surface area contributed by atoms with Crippen LogP contribution in [0.5, 0.6) is 0 Å². The lowest BCUT2D eigenvalue weighted by Crippen LogP contribution is -2.26. The Balaban J connectivity index is 1.84. The molecular formula is C19H20Cl2N4O2S. The minimum absolute atomic E-state index is 0.0368. The summed E-state index contributed by atoms with van der Waals surface area (Å²) in [6.07, 6.45) is 0.771. The molecule has 2 heterocycles. The number of hydrogen-bond acceptors (Lipinski definition) is 4. The average Bonchev–Trinajstić information content (AvgIpc) is 2.99. The molecule has 3 rings (SSSR count). The molecule has 28 heavy (non-hydrogen) atoms. The van der Waals surface area contributed by atoms with Crippen LogP contribution in [0, 0.1) is 6.92 Å². The van der Waals surface area contributed by atoms with Gasteiger partial charge in [-0.25, -0.2) is 4.98 Å². The fourth-order valence-electron chi connectivity index (χ4n) is 2.82. The number of carbonyl (C=O) groups excluding carboxylic acids is 1. The van der Waals surface area contributed by atoms with E-state index in [4.69, 9.17) is 23.2 Å². The number of rotatable bonds is 6. The summed E-state index contributed by atoms with van der Waals surface area (Å²) in [5.41, 5.74) is 2.35. The van der Waals surface area contributed by atoms with Crippen LogP contribution in [0.3, 0.4) is 0 Å². The van der Waals surface area contributed by atoms with Gasteiger partial charge >= 0.3 is 0 Å². The number of anilines is 1. The van der Waals surface area contributed by atoms with Crippen molar-refractivity contribution in [2.45, 2.75) is 38.4 Å². The number of amides is 1. The van der Waals surface area contributed by atoms with Gasteiger partial charge in [0.05, 0.1) is 11.3 Å². The predicted molar refractivity (Wildman–Crippen MR) is 116 cm³/mol. The molecule has 1 aromatic carbocycles. The number of hydrogen-bond donors (Lipinski definition) is 2. The molecule has 0 unspecified atom stereocenters. The molecule has 0 aliphatic carbocycles. The fraction of sp³-hybridized carbons (Fsp3) is 0.316. The van der Waals surface area contributed by atoms with E-state index < -0.39 is 0 Å². The molecular weight excluding hydrogens is 419 g/mol. The maximum atomic E-state index is 12.9. The smallest absolute Gasteiger partial charge is 0.278 e. The lowest BCUT2D eigenvalue weighted by molar-refractivity contribution is -0.113. The van der Waals surface area contributed by atoms with Gasteiger partial charge in [-0.05, 0) is 44.5 Å². The van der Waals surface area contributed by atoms with Crippen molar-refractivity contribution in [3.05, 3.63) is 50.4 Å². The van der Waals surface area contributed by atoms with Gasteiger partial charge in [0.15, 0.2) is 5.16 Å². The first-order valence-corrected chi connectivity index (χ1v) is 10.5. The van der Waals surface area contributed by atoms with E-state index in [0.29, 0.717) is 31.9 Å². The predicted octanol–water partition coefficient (Wildman–Crippen LogP) is 5.04. The number of aromatic nitrogens is 3. The number of benzene rings is 1. The molecule has 0 saturated carbocycles. The Morgan fingerprint density at radius 3 is 2.61 bits per heavy atom. The number of carbonyl (C=O) groups is 1. The van der Waals surface area contributed by atoms with E-state index in [1.807, 2.05) is 26.8 Å². The molecule has 1 amide bonds. The van der Waals surface area contributed by atoms with Crippen molar-refractivity contribution in [2.24, 2.45) is 0 Å². The fourth-order valence-corrected chi connectivity index (χ4v) is 4.24. The summed E-state index contributed by atoms with van der Waals surface area (Å²) < 4.78 is 1.65. The SMILES string of the molecule is CC[C@H](C)n1c(SCC(=O)Nc2cc(Cl)cc(Cl)c2)nc2cc(C)[nH]c2c1=O. The first-order valence-electron chi connectivity index (χ1n) is 8.79. The number of halogens is 2. The molecule has 3 aromatic rings. The Morgan fingerprint density at radius 2 is 1.96 bits per heavy atom. The monoisotopic (exact) mass is 438 g/mol. The highest BCUT2D eigenvalue weighted by atomic mass is 35.5. The van der Waals surface area contributed by atoms with Gasteiger partial charge in [-0.2, -0.15) is 0 Å². The quantitative estimate of drug-likeness (QED) is 0.417. The zero-order chi connectivity index (χ0) is 20.4. The van der Waals surface area contributed by atoms with E-state index in [2.05, 4.69) is 15.3 Å². The third kappa shape index (κ3) is 4.54. The number of H-pyrrole nitrogens is 1. The van der Waals surface area contributed by atoms with Crippen molar-refractivity contribution in [3.63, 3.8) is 0 Å². The van der Waals surface area contributed by atoms with Crippen LogP contribution in [-0.2, 0) is 4.79 Å². The first-order chi connectivity index (χ1) is 13.3. The molecule has 2 N–H and O–H groups in total. The standard InChI is InChI=1S/C19H20Cl2N4O2S/c1-4-11(3)25-18(27)17-15(5-10(2)22-17)24-19(25)28-9-16(26)23-14-7-12(20)6-13(21)8-14/h5-8,11,22H,4,9H2,1-3H3,(H,23,26)/t11-/m0/s1. The number of aryl methyl sites for hydroxylation is 1. The van der Waals surface area contributed by atoms with Crippen molar-refractivity contribution < 1.29 is 4.79 Å². The van der Waals surface area contributed by atoms with Crippen molar-refractivity contribution in [1.29, 1.82) is 0 Å². The Labute approximate surface area is 176 Å². The first kappa shape index (κ1) is 20.8. The highest BCUT2D eigenvalue weighted by Gasteiger charge is 2.18. The number of fused-ring (bicyclic) bond motifs is 1. The molecule has 6 nitrogen and oxygen atoms in total. The van der Waals surface area contributed by atoms with Gasteiger partial charge in [0.25, 0.3) is 5.56 Å². The molecule has 148 valence electrons. The number of thioether (sulfide) groups is 1. The summed E-state index contributed by atoms with van der Waals surface area (Å²) >= 11 is 13.1. The minimum atomic E-state index is -0.237. The van der Waals surface area contributed by atoms with Crippen LogP contribution in [0.25, 0.3) is 11.0 Å². The van der Waals surface area contributed by atoms with E-state index in [-0.39, 0.29) is 23.3 Å². The van der Waals surface area contributed by atoms with Gasteiger partial charge in [-0.1, -0.05) is 41.9 Å². The molecule has 9 heteroatoms. The van der Waals surface area contributed by atoms with Crippen LogP contribution < -0.4 is 10.9 Å². The van der Waals surface area contributed by atoms with Crippen LogP contribution in [0.2, 0.25) is 10.0 Å². The van der Waals surface area contributed by atoms with Crippen LogP contribution >= 0.6 is 35.0 Å². The second-order valence-corrected chi connectivity index (χ2v) is 8.35. The van der Waals surface area contributed by atoms with E-state index in [9.17, 15) is 9.59 Å². The van der Waals surface area contributed by atoms with Crippen molar-refractivity contribution in [3.8, 4) is 0 Å². The highest BCUT2D eigenvalue weighted by molar-refractivity contribution is 7.99. The molecule has 0 spiro atoms. The molecule has 0 aliphatic heterocycles. The second kappa shape index (κ2) is 8.59. The van der Waals surface area contributed by atoms with Gasteiger partial charge in [-0.3, -0.25) is 14.2 Å². The molecule has 0 fully saturated rings. The summed E-state index contributed by atoms with van der Waals surface area (Å²) in [5.74, 6) is -0.138. The summed E-state index contributed by atoms with van der Waals surface area (Å²) in [6.45, 7) is 5.85. The minimum Gasteiger partial charge on any atom is -0.353 e. The van der Waals surface area contributed by atoms with E-state index in [1.165, 1.54) is 11.8 Å². The van der Waals surface area contributed by atoms with Crippen molar-refractivity contribution in [2.75, 3.05) is 11.1 Å². The van der Waals surface area contributed by atoms with Crippen LogP contribution in [0.1, 0.15) is 32.0 Å². The Bertz CT molecular complexity index is 1070. The summed E-state index contributed by atoms with van der Waals surface area (Å²) in [5, 5.41) is 4.16. The maximum Gasteiger partial charge on any atom is 0.278 e. The number of nitrogens with zero attached hydrogens (tertiary/aromatic N) is 2. The third-order valence-electron chi connectivity index (χ3n) is 4.30.